The SMILES string of the molecule is CC(Cc1cccc(F)c1)NCC(=O)OC(C)(C)C. The van der Waals surface area contributed by atoms with Crippen LogP contribution in [0.15, 0.2) is 24.3 Å². The summed E-state index contributed by atoms with van der Waals surface area (Å²) in [6.07, 6.45) is 0.667. The minimum Gasteiger partial charge on any atom is -0.459 e. The molecule has 106 valence electrons. The Bertz CT molecular complexity index is 426. The molecule has 0 aliphatic carbocycles. The number of carbonyl (C=O) groups excluding carboxylic acids is 1. The van der Waals surface area contributed by atoms with Crippen LogP contribution in [0.2, 0.25) is 0 Å². The summed E-state index contributed by atoms with van der Waals surface area (Å²) in [6.45, 7) is 7.62. The molecule has 0 spiro atoms. The van der Waals surface area contributed by atoms with Crippen LogP contribution in [0.1, 0.15) is 33.3 Å². The second kappa shape index (κ2) is 6.66. The van der Waals surface area contributed by atoms with E-state index in [0.717, 1.165) is 5.56 Å². The van der Waals surface area contributed by atoms with Crippen LogP contribution in [0.25, 0.3) is 0 Å². The maximum atomic E-state index is 13.0. The van der Waals surface area contributed by atoms with E-state index in [-0.39, 0.29) is 24.4 Å². The summed E-state index contributed by atoms with van der Waals surface area (Å²) < 4.78 is 18.2. The van der Waals surface area contributed by atoms with E-state index in [1.807, 2.05) is 33.8 Å². The van der Waals surface area contributed by atoms with E-state index in [1.54, 1.807) is 6.07 Å². The van der Waals surface area contributed by atoms with Crippen molar-refractivity contribution >= 4 is 5.97 Å². The van der Waals surface area contributed by atoms with Gasteiger partial charge in [-0.05, 0) is 51.8 Å². The summed E-state index contributed by atoms with van der Waals surface area (Å²) in [4.78, 5) is 11.5. The fraction of sp³-hybridized carbons (Fsp3) is 0.533. The summed E-state index contributed by atoms with van der Waals surface area (Å²) in [5.41, 5.74) is 0.439. The summed E-state index contributed by atoms with van der Waals surface area (Å²) >= 11 is 0. The van der Waals surface area contributed by atoms with Crippen molar-refractivity contribution < 1.29 is 13.9 Å². The highest BCUT2D eigenvalue weighted by atomic mass is 19.1. The van der Waals surface area contributed by atoms with Crippen LogP contribution < -0.4 is 5.32 Å². The van der Waals surface area contributed by atoms with Gasteiger partial charge >= 0.3 is 5.97 Å². The van der Waals surface area contributed by atoms with Gasteiger partial charge in [-0.25, -0.2) is 4.39 Å². The molecule has 0 aromatic heterocycles. The number of nitrogens with one attached hydrogen (secondary N) is 1. The molecule has 0 amide bonds. The molecule has 0 heterocycles. The van der Waals surface area contributed by atoms with Crippen molar-refractivity contribution in [3.05, 3.63) is 35.6 Å². The van der Waals surface area contributed by atoms with Crippen LogP contribution in [-0.4, -0.2) is 24.2 Å². The molecule has 1 N–H and O–H groups in total. The van der Waals surface area contributed by atoms with Gasteiger partial charge < -0.3 is 10.1 Å². The number of hydrogen-bond acceptors (Lipinski definition) is 3. The van der Waals surface area contributed by atoms with Crippen molar-refractivity contribution in [1.82, 2.24) is 5.32 Å². The van der Waals surface area contributed by atoms with Crippen molar-refractivity contribution in [3.8, 4) is 0 Å². The maximum absolute atomic E-state index is 13.0. The molecule has 1 rings (SSSR count). The van der Waals surface area contributed by atoms with Gasteiger partial charge in [0.05, 0.1) is 6.54 Å². The molecule has 0 radical (unpaired) electrons. The zero-order valence-electron chi connectivity index (χ0n) is 12.0. The lowest BCUT2D eigenvalue weighted by molar-refractivity contribution is -0.153. The quantitative estimate of drug-likeness (QED) is 0.834. The van der Waals surface area contributed by atoms with E-state index in [9.17, 15) is 9.18 Å². The molecular weight excluding hydrogens is 245 g/mol. The normalized spacial score (nSPS) is 13.1. The smallest absolute Gasteiger partial charge is 0.320 e. The van der Waals surface area contributed by atoms with E-state index in [0.29, 0.717) is 6.42 Å². The van der Waals surface area contributed by atoms with Crippen LogP contribution in [0.3, 0.4) is 0 Å². The lowest BCUT2D eigenvalue weighted by Gasteiger charge is -2.20. The largest absolute Gasteiger partial charge is 0.459 e. The summed E-state index contributed by atoms with van der Waals surface area (Å²) in [5.74, 6) is -0.518. The van der Waals surface area contributed by atoms with Crippen LogP contribution >= 0.6 is 0 Å². The number of hydrogen-bond donors (Lipinski definition) is 1. The van der Waals surface area contributed by atoms with Crippen molar-refractivity contribution in [2.45, 2.75) is 45.8 Å². The van der Waals surface area contributed by atoms with Gasteiger partial charge in [0, 0.05) is 6.04 Å². The van der Waals surface area contributed by atoms with Crippen molar-refractivity contribution in [2.75, 3.05) is 6.54 Å². The number of rotatable bonds is 5. The number of carbonyl (C=O) groups is 1. The molecule has 19 heavy (non-hydrogen) atoms. The molecule has 1 aromatic carbocycles. The van der Waals surface area contributed by atoms with Gasteiger partial charge in [0.15, 0.2) is 0 Å². The van der Waals surface area contributed by atoms with Gasteiger partial charge in [0.25, 0.3) is 0 Å². The van der Waals surface area contributed by atoms with Crippen LogP contribution in [-0.2, 0) is 16.0 Å². The summed E-state index contributed by atoms with van der Waals surface area (Å²) in [6, 6.07) is 6.56. The topological polar surface area (TPSA) is 38.3 Å². The van der Waals surface area contributed by atoms with Gasteiger partial charge in [-0.2, -0.15) is 0 Å². The molecule has 0 saturated heterocycles. The fourth-order valence-corrected chi connectivity index (χ4v) is 1.72. The molecule has 1 unspecified atom stereocenters. The van der Waals surface area contributed by atoms with E-state index < -0.39 is 5.60 Å². The lowest BCUT2D eigenvalue weighted by Crippen LogP contribution is -2.36. The standard InChI is InChI=1S/C15H22FNO2/c1-11(8-12-6-5-7-13(16)9-12)17-10-14(18)19-15(2,3)4/h5-7,9,11,17H,8,10H2,1-4H3. The number of benzene rings is 1. The Morgan fingerprint density at radius 2 is 2.11 bits per heavy atom. The minimum absolute atomic E-state index is 0.0781. The van der Waals surface area contributed by atoms with E-state index >= 15 is 0 Å². The second-order valence-electron chi connectivity index (χ2n) is 5.70. The Morgan fingerprint density at radius 1 is 1.42 bits per heavy atom. The molecule has 3 nitrogen and oxygen atoms in total. The Labute approximate surface area is 114 Å². The molecule has 0 fully saturated rings. The second-order valence-corrected chi connectivity index (χ2v) is 5.70. The van der Waals surface area contributed by atoms with Crippen molar-refractivity contribution in [3.63, 3.8) is 0 Å². The molecule has 0 bridgehead atoms. The zero-order valence-corrected chi connectivity index (χ0v) is 12.0. The highest BCUT2D eigenvalue weighted by molar-refractivity contribution is 5.72. The van der Waals surface area contributed by atoms with Gasteiger partial charge in [0.1, 0.15) is 11.4 Å². The van der Waals surface area contributed by atoms with E-state index in [1.165, 1.54) is 12.1 Å². The Morgan fingerprint density at radius 3 is 2.68 bits per heavy atom. The van der Waals surface area contributed by atoms with Gasteiger partial charge in [-0.1, -0.05) is 12.1 Å². The van der Waals surface area contributed by atoms with E-state index in [4.69, 9.17) is 4.74 Å². The molecule has 4 heteroatoms. The third-order valence-corrected chi connectivity index (χ3v) is 2.45. The van der Waals surface area contributed by atoms with Crippen LogP contribution in [0, 0.1) is 5.82 Å². The van der Waals surface area contributed by atoms with Gasteiger partial charge in [-0.15, -0.1) is 0 Å². The number of halogens is 1. The molecule has 0 aliphatic heterocycles. The predicted molar refractivity (Wildman–Crippen MR) is 73.4 cm³/mol. The monoisotopic (exact) mass is 267 g/mol. The first-order valence-electron chi connectivity index (χ1n) is 6.46. The summed E-state index contributed by atoms with van der Waals surface area (Å²) in [5, 5.41) is 3.08. The maximum Gasteiger partial charge on any atom is 0.320 e. The highest BCUT2D eigenvalue weighted by Crippen LogP contribution is 2.08. The van der Waals surface area contributed by atoms with Gasteiger partial charge in [0.2, 0.25) is 0 Å². The molecule has 0 saturated carbocycles. The molecule has 1 atom stereocenters. The summed E-state index contributed by atoms with van der Waals surface area (Å²) in [7, 11) is 0. The Kier molecular flexibility index (Phi) is 5.48. The predicted octanol–water partition coefficient (Wildman–Crippen LogP) is 2.69. The Hall–Kier alpha value is -1.42. The Balaban J connectivity index is 2.36. The van der Waals surface area contributed by atoms with Crippen molar-refractivity contribution in [2.24, 2.45) is 0 Å². The minimum atomic E-state index is -0.468. The number of esters is 1. The molecular formula is C15H22FNO2. The third-order valence-electron chi connectivity index (χ3n) is 2.45. The lowest BCUT2D eigenvalue weighted by atomic mass is 10.1. The average molecular weight is 267 g/mol. The molecule has 0 aliphatic rings. The van der Waals surface area contributed by atoms with Crippen molar-refractivity contribution in [1.29, 1.82) is 0 Å². The third kappa shape index (κ3) is 6.91. The molecule has 1 aromatic rings. The van der Waals surface area contributed by atoms with Crippen LogP contribution in [0.5, 0.6) is 0 Å². The van der Waals surface area contributed by atoms with Gasteiger partial charge in [-0.3, -0.25) is 4.79 Å². The average Bonchev–Trinajstić information content (AvgIpc) is 2.24. The first-order valence-corrected chi connectivity index (χ1v) is 6.46. The zero-order chi connectivity index (χ0) is 14.5. The first-order chi connectivity index (χ1) is 8.76. The number of ether oxygens (including phenoxy) is 1. The highest BCUT2D eigenvalue weighted by Gasteiger charge is 2.16. The fourth-order valence-electron chi connectivity index (χ4n) is 1.72. The van der Waals surface area contributed by atoms with E-state index in [2.05, 4.69) is 5.32 Å². The first kappa shape index (κ1) is 15.6. The van der Waals surface area contributed by atoms with Crippen LogP contribution in [0.4, 0.5) is 4.39 Å².